The van der Waals surface area contributed by atoms with Crippen molar-refractivity contribution in [3.05, 3.63) is 45.9 Å². The lowest BCUT2D eigenvalue weighted by molar-refractivity contribution is 0.0764. The number of sulfonamides is 1. The quantitative estimate of drug-likeness (QED) is 0.633. The number of amides is 1. The Hall–Kier alpha value is -1.46. The highest BCUT2D eigenvalue weighted by Gasteiger charge is 2.30. The fourth-order valence-corrected chi connectivity index (χ4v) is 4.56. The largest absolute Gasteiger partial charge is 0.339 e. The Labute approximate surface area is 160 Å². The summed E-state index contributed by atoms with van der Waals surface area (Å²) in [5, 5.41) is 0.0485. The van der Waals surface area contributed by atoms with Gasteiger partial charge in [-0.2, -0.15) is 4.31 Å². The number of hydrogen-bond donors (Lipinski definition) is 0. The molecule has 2 aromatic rings. The highest BCUT2D eigenvalue weighted by atomic mass is 127. The van der Waals surface area contributed by atoms with Gasteiger partial charge in [-0.3, -0.25) is 4.79 Å². The van der Waals surface area contributed by atoms with E-state index in [1.54, 1.807) is 28.6 Å². The maximum Gasteiger partial charge on any atom is 0.262 e. The minimum atomic E-state index is -3.62. The summed E-state index contributed by atoms with van der Waals surface area (Å²) in [6.45, 7) is 1.57. The second-order valence-corrected chi connectivity index (χ2v) is 9.06. The highest BCUT2D eigenvalue weighted by Crippen LogP contribution is 2.17. The van der Waals surface area contributed by atoms with Crippen LogP contribution >= 0.6 is 22.6 Å². The van der Waals surface area contributed by atoms with Crippen LogP contribution in [0.15, 0.2) is 41.8 Å². The predicted molar refractivity (Wildman–Crippen MR) is 102 cm³/mol. The van der Waals surface area contributed by atoms with Crippen LogP contribution in [0.3, 0.4) is 0 Å². The molecular weight excluding hydrogens is 455 g/mol. The number of rotatable bonds is 3. The Bertz CT molecular complexity index is 864. The van der Waals surface area contributed by atoms with Crippen molar-refractivity contribution < 1.29 is 13.2 Å². The van der Waals surface area contributed by atoms with Crippen molar-refractivity contribution in [3.8, 4) is 0 Å². The van der Waals surface area contributed by atoms with Gasteiger partial charge in [-0.25, -0.2) is 13.4 Å². The van der Waals surface area contributed by atoms with E-state index in [0.717, 1.165) is 3.57 Å². The fourth-order valence-electron chi connectivity index (χ4n) is 2.77. The molecule has 0 atom stereocenters. The molecule has 1 amide bonds. The number of benzene rings is 1. The van der Waals surface area contributed by atoms with Gasteiger partial charge in [0, 0.05) is 48.6 Å². The first-order valence-electron chi connectivity index (χ1n) is 7.91. The van der Waals surface area contributed by atoms with E-state index in [2.05, 4.69) is 27.6 Å². The summed E-state index contributed by atoms with van der Waals surface area (Å²) in [5.74, 6) is -0.0616. The molecule has 0 bridgehead atoms. The average molecular weight is 474 g/mol. The first-order chi connectivity index (χ1) is 11.9. The number of carbonyl (C=O) groups excluding carboxylic acids is 1. The van der Waals surface area contributed by atoms with Crippen LogP contribution in [0.25, 0.3) is 0 Å². The van der Waals surface area contributed by atoms with Crippen LogP contribution in [-0.4, -0.2) is 59.3 Å². The van der Waals surface area contributed by atoms with Crippen LogP contribution in [0, 0.1) is 3.57 Å². The van der Waals surface area contributed by atoms with Crippen LogP contribution in [0.4, 0.5) is 0 Å². The van der Waals surface area contributed by atoms with E-state index in [1.807, 2.05) is 12.1 Å². The highest BCUT2D eigenvalue weighted by molar-refractivity contribution is 14.1. The molecule has 25 heavy (non-hydrogen) atoms. The van der Waals surface area contributed by atoms with Crippen LogP contribution in [0.1, 0.15) is 16.8 Å². The van der Waals surface area contributed by atoms with E-state index in [0.29, 0.717) is 31.6 Å². The zero-order valence-corrected chi connectivity index (χ0v) is 16.8. The molecule has 0 N–H and O–H groups in total. The number of nitrogens with zero attached hydrogens (tertiary/aromatic N) is 4. The molecule has 1 aliphatic heterocycles. The Balaban J connectivity index is 1.72. The SMILES string of the molecule is Cn1cnc(S(=O)(=O)N2CCCN(C(=O)c3ccc(I)cc3)CC2)c1. The number of hydrogen-bond acceptors (Lipinski definition) is 4. The van der Waals surface area contributed by atoms with Crippen molar-refractivity contribution in [2.45, 2.75) is 11.4 Å². The summed E-state index contributed by atoms with van der Waals surface area (Å²) in [6.07, 6.45) is 3.56. The molecule has 3 rings (SSSR count). The van der Waals surface area contributed by atoms with Crippen molar-refractivity contribution >= 4 is 38.5 Å². The molecule has 2 heterocycles. The van der Waals surface area contributed by atoms with Crippen LogP contribution in [-0.2, 0) is 17.1 Å². The summed E-state index contributed by atoms with van der Waals surface area (Å²) < 4.78 is 29.5. The van der Waals surface area contributed by atoms with E-state index in [4.69, 9.17) is 0 Å². The van der Waals surface area contributed by atoms with Gasteiger partial charge >= 0.3 is 0 Å². The van der Waals surface area contributed by atoms with Crippen LogP contribution < -0.4 is 0 Å². The van der Waals surface area contributed by atoms with Crippen molar-refractivity contribution in [1.29, 1.82) is 0 Å². The van der Waals surface area contributed by atoms with Gasteiger partial charge in [-0.1, -0.05) is 0 Å². The Morgan fingerprint density at radius 1 is 1.12 bits per heavy atom. The van der Waals surface area contributed by atoms with E-state index in [-0.39, 0.29) is 17.5 Å². The number of halogens is 1. The van der Waals surface area contributed by atoms with Crippen molar-refractivity contribution in [1.82, 2.24) is 18.8 Å². The molecule has 134 valence electrons. The van der Waals surface area contributed by atoms with Gasteiger partial charge < -0.3 is 9.47 Å². The van der Waals surface area contributed by atoms with Gasteiger partial charge in [0.2, 0.25) is 0 Å². The Morgan fingerprint density at radius 2 is 1.84 bits per heavy atom. The molecular formula is C16H19IN4O3S. The van der Waals surface area contributed by atoms with Gasteiger partial charge in [0.15, 0.2) is 5.03 Å². The molecule has 9 heteroatoms. The van der Waals surface area contributed by atoms with E-state index in [1.165, 1.54) is 16.8 Å². The average Bonchev–Trinajstić information content (AvgIpc) is 2.88. The minimum Gasteiger partial charge on any atom is -0.339 e. The molecule has 1 fully saturated rings. The molecule has 1 saturated heterocycles. The summed E-state index contributed by atoms with van der Waals surface area (Å²) in [7, 11) is -1.89. The standard InChI is InChI=1S/C16H19IN4O3S/c1-19-11-15(18-12-19)25(23,24)21-8-2-7-20(9-10-21)16(22)13-3-5-14(17)6-4-13/h3-6,11-12H,2,7-10H2,1H3. The normalized spacial score (nSPS) is 16.6. The molecule has 0 spiro atoms. The zero-order chi connectivity index (χ0) is 18.0. The second kappa shape index (κ2) is 7.42. The molecule has 1 aromatic carbocycles. The molecule has 7 nitrogen and oxygen atoms in total. The first kappa shape index (κ1) is 18.3. The van der Waals surface area contributed by atoms with E-state index < -0.39 is 10.0 Å². The number of aryl methyl sites for hydroxylation is 1. The third-order valence-electron chi connectivity index (χ3n) is 4.12. The third kappa shape index (κ3) is 4.04. The lowest BCUT2D eigenvalue weighted by atomic mass is 10.2. The summed E-state index contributed by atoms with van der Waals surface area (Å²) in [5.41, 5.74) is 0.626. The molecule has 1 aliphatic rings. The Kier molecular flexibility index (Phi) is 5.44. The van der Waals surface area contributed by atoms with Gasteiger partial charge in [0.25, 0.3) is 15.9 Å². The lowest BCUT2D eigenvalue weighted by Gasteiger charge is -2.21. The van der Waals surface area contributed by atoms with Crippen molar-refractivity contribution in [2.24, 2.45) is 7.05 Å². The molecule has 1 aromatic heterocycles. The molecule has 0 saturated carbocycles. The Morgan fingerprint density at radius 3 is 2.48 bits per heavy atom. The number of aromatic nitrogens is 2. The molecule has 0 aliphatic carbocycles. The minimum absolute atomic E-state index is 0.0485. The number of carbonyl (C=O) groups is 1. The second-order valence-electron chi connectivity index (χ2n) is 5.93. The zero-order valence-electron chi connectivity index (χ0n) is 13.8. The molecule has 0 radical (unpaired) electrons. The van der Waals surface area contributed by atoms with Crippen LogP contribution in [0.2, 0.25) is 0 Å². The first-order valence-corrected chi connectivity index (χ1v) is 10.4. The summed E-state index contributed by atoms with van der Waals surface area (Å²) in [6, 6.07) is 7.39. The summed E-state index contributed by atoms with van der Waals surface area (Å²) >= 11 is 2.19. The maximum atomic E-state index is 12.7. The third-order valence-corrected chi connectivity index (χ3v) is 6.62. The predicted octanol–water partition coefficient (Wildman–Crippen LogP) is 1.56. The van der Waals surface area contributed by atoms with Gasteiger partial charge in [-0.05, 0) is 53.3 Å². The lowest BCUT2D eigenvalue weighted by Crippen LogP contribution is -2.37. The maximum absolute atomic E-state index is 12.7. The van der Waals surface area contributed by atoms with Crippen molar-refractivity contribution in [3.63, 3.8) is 0 Å². The van der Waals surface area contributed by atoms with Gasteiger partial charge in [0.1, 0.15) is 0 Å². The topological polar surface area (TPSA) is 75.5 Å². The number of imidazole rings is 1. The van der Waals surface area contributed by atoms with Crippen molar-refractivity contribution in [2.75, 3.05) is 26.2 Å². The monoisotopic (exact) mass is 474 g/mol. The smallest absolute Gasteiger partial charge is 0.262 e. The van der Waals surface area contributed by atoms with Crippen LogP contribution in [0.5, 0.6) is 0 Å². The van der Waals surface area contributed by atoms with E-state index >= 15 is 0 Å². The van der Waals surface area contributed by atoms with E-state index in [9.17, 15) is 13.2 Å². The van der Waals surface area contributed by atoms with Gasteiger partial charge in [-0.15, -0.1) is 0 Å². The van der Waals surface area contributed by atoms with Gasteiger partial charge in [0.05, 0.1) is 6.33 Å². The molecule has 0 unspecified atom stereocenters. The fraction of sp³-hybridized carbons (Fsp3) is 0.375. The summed E-state index contributed by atoms with van der Waals surface area (Å²) in [4.78, 5) is 18.3.